The quantitative estimate of drug-likeness (QED) is 0.568. The van der Waals surface area contributed by atoms with E-state index in [9.17, 15) is 9.59 Å². The lowest BCUT2D eigenvalue weighted by Crippen LogP contribution is -2.46. The molecule has 0 aliphatic carbocycles. The molecule has 5 heteroatoms. The lowest BCUT2D eigenvalue weighted by molar-refractivity contribution is -0.133. The summed E-state index contributed by atoms with van der Waals surface area (Å²) in [6.07, 6.45) is 0.501. The highest BCUT2D eigenvalue weighted by molar-refractivity contribution is 6.16. The van der Waals surface area contributed by atoms with Crippen LogP contribution in [0.1, 0.15) is 13.3 Å². The highest BCUT2D eigenvalue weighted by Gasteiger charge is 2.29. The molecule has 0 radical (unpaired) electrons. The maximum Gasteiger partial charge on any atom is 0.259 e. The Hall–Kier alpha value is -1.23. The smallest absolute Gasteiger partial charge is 0.259 e. The van der Waals surface area contributed by atoms with Crippen molar-refractivity contribution in [1.82, 2.24) is 10.6 Å². The molecule has 5 nitrogen and oxygen atoms in total. The Kier molecular flexibility index (Phi) is 3.13. The molecule has 0 aromatic heterocycles. The van der Waals surface area contributed by atoms with Crippen LogP contribution < -0.4 is 10.6 Å². The van der Waals surface area contributed by atoms with Crippen LogP contribution in [-0.4, -0.2) is 31.2 Å². The number of likely N-dealkylation sites (N-methyl/N-ethyl adjacent to an activating group) is 1. The van der Waals surface area contributed by atoms with Gasteiger partial charge in [0.1, 0.15) is 11.8 Å². The minimum absolute atomic E-state index is 0.243. The molecular weight excluding hydrogens is 170 g/mol. The Bertz CT molecular complexity index is 260. The number of rotatable bonds is 3. The van der Waals surface area contributed by atoms with E-state index in [-0.39, 0.29) is 11.8 Å². The van der Waals surface area contributed by atoms with Crippen molar-refractivity contribution < 1.29 is 9.59 Å². The van der Waals surface area contributed by atoms with Crippen LogP contribution in [0.3, 0.4) is 0 Å². The standard InChI is InChI=1S/C8H13N3O2/c1-3-5-7(12)10-6(4-9-2)11-8(5)13/h5,9H,3-4H2,1-2H3,(H,10,11,12,13). The summed E-state index contributed by atoms with van der Waals surface area (Å²) >= 11 is 0. The molecule has 1 atom stereocenters. The van der Waals surface area contributed by atoms with E-state index in [4.69, 9.17) is 0 Å². The number of carbonyl (C=O) groups is 2. The van der Waals surface area contributed by atoms with E-state index in [2.05, 4.69) is 15.6 Å². The molecule has 1 aliphatic heterocycles. The molecule has 0 fully saturated rings. The number of hydrogen-bond acceptors (Lipinski definition) is 3. The van der Waals surface area contributed by atoms with Crippen LogP contribution in [0.2, 0.25) is 0 Å². The van der Waals surface area contributed by atoms with Crippen LogP contribution >= 0.6 is 0 Å². The molecule has 2 amide bonds. The fourth-order valence-corrected chi connectivity index (χ4v) is 1.19. The molecule has 72 valence electrons. The minimum Gasteiger partial charge on any atom is -0.313 e. The van der Waals surface area contributed by atoms with Gasteiger partial charge in [0.2, 0.25) is 5.91 Å². The summed E-state index contributed by atoms with van der Waals surface area (Å²) in [6.45, 7) is 2.20. The van der Waals surface area contributed by atoms with E-state index >= 15 is 0 Å². The van der Waals surface area contributed by atoms with Crippen molar-refractivity contribution in [2.45, 2.75) is 13.3 Å². The van der Waals surface area contributed by atoms with Crippen LogP contribution in [0, 0.1) is 5.92 Å². The van der Waals surface area contributed by atoms with Gasteiger partial charge in [0, 0.05) is 0 Å². The van der Waals surface area contributed by atoms with Crippen LogP contribution in [0.15, 0.2) is 4.99 Å². The van der Waals surface area contributed by atoms with Gasteiger partial charge in [-0.25, -0.2) is 0 Å². The van der Waals surface area contributed by atoms with Gasteiger partial charge < -0.3 is 10.6 Å². The molecule has 0 saturated carbocycles. The van der Waals surface area contributed by atoms with E-state index in [1.54, 1.807) is 14.0 Å². The lowest BCUT2D eigenvalue weighted by Gasteiger charge is -2.18. The topological polar surface area (TPSA) is 70.6 Å². The zero-order valence-electron chi connectivity index (χ0n) is 7.76. The number of nitrogens with one attached hydrogen (secondary N) is 2. The van der Waals surface area contributed by atoms with Gasteiger partial charge in [-0.2, -0.15) is 4.99 Å². The second-order valence-electron chi connectivity index (χ2n) is 2.88. The molecule has 2 N–H and O–H groups in total. The Balaban J connectivity index is 2.75. The zero-order valence-corrected chi connectivity index (χ0v) is 7.76. The summed E-state index contributed by atoms with van der Waals surface area (Å²) in [5.41, 5.74) is 0. The van der Waals surface area contributed by atoms with Crippen LogP contribution in [0.5, 0.6) is 0 Å². The molecule has 0 aromatic carbocycles. The van der Waals surface area contributed by atoms with E-state index in [1.807, 2.05) is 0 Å². The third kappa shape index (κ3) is 2.12. The summed E-state index contributed by atoms with van der Waals surface area (Å²) in [4.78, 5) is 26.3. The van der Waals surface area contributed by atoms with Gasteiger partial charge >= 0.3 is 0 Å². The predicted octanol–water partition coefficient (Wildman–Crippen LogP) is -0.713. The van der Waals surface area contributed by atoms with Gasteiger partial charge in [-0.1, -0.05) is 6.92 Å². The van der Waals surface area contributed by atoms with Crippen molar-refractivity contribution >= 4 is 17.6 Å². The molecule has 1 unspecified atom stereocenters. The van der Waals surface area contributed by atoms with Crippen molar-refractivity contribution in [1.29, 1.82) is 0 Å². The molecule has 0 spiro atoms. The molecule has 0 bridgehead atoms. The first kappa shape index (κ1) is 9.85. The number of amidine groups is 1. The second kappa shape index (κ2) is 4.13. The third-order valence-electron chi connectivity index (χ3n) is 1.88. The van der Waals surface area contributed by atoms with E-state index < -0.39 is 5.92 Å². The Morgan fingerprint density at radius 1 is 1.54 bits per heavy atom. The van der Waals surface area contributed by atoms with Crippen LogP contribution in [0.25, 0.3) is 0 Å². The fourth-order valence-electron chi connectivity index (χ4n) is 1.19. The summed E-state index contributed by atoms with van der Waals surface area (Å²) in [6, 6.07) is 0. The number of amides is 2. The first-order valence-electron chi connectivity index (χ1n) is 4.26. The maximum absolute atomic E-state index is 11.3. The average Bonchev–Trinajstić information content (AvgIpc) is 2.04. The average molecular weight is 183 g/mol. The van der Waals surface area contributed by atoms with Gasteiger partial charge in [-0.3, -0.25) is 9.59 Å². The Morgan fingerprint density at radius 3 is 2.69 bits per heavy atom. The first-order valence-corrected chi connectivity index (χ1v) is 4.26. The summed E-state index contributed by atoms with van der Waals surface area (Å²) in [5.74, 6) is -0.771. The second-order valence-corrected chi connectivity index (χ2v) is 2.88. The fraction of sp³-hybridized carbons (Fsp3) is 0.625. The maximum atomic E-state index is 11.3. The third-order valence-corrected chi connectivity index (χ3v) is 1.88. The van der Waals surface area contributed by atoms with E-state index in [0.717, 1.165) is 0 Å². The van der Waals surface area contributed by atoms with Crippen LogP contribution in [-0.2, 0) is 9.59 Å². The molecule has 1 aliphatic rings. The van der Waals surface area contributed by atoms with Gasteiger partial charge in [-0.05, 0) is 13.5 Å². The molecular formula is C8H13N3O2. The summed E-state index contributed by atoms with van der Waals surface area (Å²) in [7, 11) is 1.73. The van der Waals surface area contributed by atoms with Crippen molar-refractivity contribution in [3.63, 3.8) is 0 Å². The SMILES string of the molecule is CCC1C(=O)N=C(CNC)NC1=O. The molecule has 0 saturated heterocycles. The highest BCUT2D eigenvalue weighted by Crippen LogP contribution is 2.08. The summed E-state index contributed by atoms with van der Waals surface area (Å²) in [5, 5.41) is 5.39. The number of carbonyl (C=O) groups excluding carboxylic acids is 2. The van der Waals surface area contributed by atoms with Crippen molar-refractivity contribution in [3.05, 3.63) is 0 Å². The number of hydrogen-bond donors (Lipinski definition) is 2. The van der Waals surface area contributed by atoms with Gasteiger partial charge in [0.05, 0.1) is 6.54 Å². The van der Waals surface area contributed by atoms with Gasteiger partial charge in [0.15, 0.2) is 0 Å². The monoisotopic (exact) mass is 183 g/mol. The minimum atomic E-state index is -0.597. The van der Waals surface area contributed by atoms with Crippen molar-refractivity contribution in [3.8, 4) is 0 Å². The van der Waals surface area contributed by atoms with E-state index in [0.29, 0.717) is 18.8 Å². The molecule has 1 rings (SSSR count). The molecule has 0 aromatic rings. The Labute approximate surface area is 76.6 Å². The molecule has 13 heavy (non-hydrogen) atoms. The van der Waals surface area contributed by atoms with Gasteiger partial charge in [0.25, 0.3) is 5.91 Å². The highest BCUT2D eigenvalue weighted by atomic mass is 16.2. The first-order chi connectivity index (χ1) is 6.19. The largest absolute Gasteiger partial charge is 0.313 e. The van der Waals surface area contributed by atoms with Crippen LogP contribution in [0.4, 0.5) is 0 Å². The predicted molar refractivity (Wildman–Crippen MR) is 48.3 cm³/mol. The lowest BCUT2D eigenvalue weighted by atomic mass is 10.0. The number of nitrogens with zero attached hydrogens (tertiary/aromatic N) is 1. The summed E-state index contributed by atoms with van der Waals surface area (Å²) < 4.78 is 0. The van der Waals surface area contributed by atoms with E-state index in [1.165, 1.54) is 0 Å². The van der Waals surface area contributed by atoms with Crippen molar-refractivity contribution in [2.75, 3.05) is 13.6 Å². The van der Waals surface area contributed by atoms with Gasteiger partial charge in [-0.15, -0.1) is 0 Å². The Morgan fingerprint density at radius 2 is 2.23 bits per heavy atom. The normalized spacial score (nSPS) is 22.6. The molecule has 1 heterocycles. The van der Waals surface area contributed by atoms with Crippen molar-refractivity contribution in [2.24, 2.45) is 10.9 Å². The zero-order chi connectivity index (χ0) is 9.84. The number of aliphatic imine (C=N–C) groups is 1.